The molecule has 0 aromatic rings. The van der Waals surface area contributed by atoms with Gasteiger partial charge in [0.15, 0.2) is 0 Å². The SMILES string of the molecule is CCC(COC)N1CC(N)C1. The summed E-state index contributed by atoms with van der Waals surface area (Å²) in [5.41, 5.74) is 5.68. The Bertz CT molecular complexity index is 113. The van der Waals surface area contributed by atoms with E-state index in [-0.39, 0.29) is 0 Å². The third kappa shape index (κ3) is 2.15. The van der Waals surface area contributed by atoms with Crippen molar-refractivity contribution in [1.29, 1.82) is 0 Å². The van der Waals surface area contributed by atoms with E-state index in [9.17, 15) is 0 Å². The molecule has 3 heteroatoms. The van der Waals surface area contributed by atoms with Gasteiger partial charge in [-0.3, -0.25) is 4.90 Å². The molecule has 0 aromatic heterocycles. The van der Waals surface area contributed by atoms with Crippen LogP contribution in [0.25, 0.3) is 0 Å². The van der Waals surface area contributed by atoms with Crippen LogP contribution in [0, 0.1) is 0 Å². The van der Waals surface area contributed by atoms with Crippen molar-refractivity contribution in [2.24, 2.45) is 5.73 Å². The van der Waals surface area contributed by atoms with E-state index in [2.05, 4.69) is 11.8 Å². The molecule has 11 heavy (non-hydrogen) atoms. The Morgan fingerprint density at radius 1 is 1.64 bits per heavy atom. The van der Waals surface area contributed by atoms with Crippen molar-refractivity contribution >= 4 is 0 Å². The summed E-state index contributed by atoms with van der Waals surface area (Å²) in [6.07, 6.45) is 1.15. The molecule has 3 nitrogen and oxygen atoms in total. The number of rotatable bonds is 4. The van der Waals surface area contributed by atoms with Crippen LogP contribution in [0.15, 0.2) is 0 Å². The molecule has 1 heterocycles. The average molecular weight is 158 g/mol. The van der Waals surface area contributed by atoms with Gasteiger partial charge in [-0.2, -0.15) is 0 Å². The first kappa shape index (κ1) is 8.97. The van der Waals surface area contributed by atoms with Crippen molar-refractivity contribution < 1.29 is 4.74 Å². The number of ether oxygens (including phenoxy) is 1. The Labute approximate surface area is 68.5 Å². The molecule has 0 bridgehead atoms. The Kier molecular flexibility index (Phi) is 3.30. The summed E-state index contributed by atoms with van der Waals surface area (Å²) in [7, 11) is 1.75. The summed E-state index contributed by atoms with van der Waals surface area (Å²) in [4.78, 5) is 2.38. The Hall–Kier alpha value is -0.120. The molecular weight excluding hydrogens is 140 g/mol. The summed E-state index contributed by atoms with van der Waals surface area (Å²) >= 11 is 0. The maximum absolute atomic E-state index is 5.68. The molecule has 1 aliphatic rings. The van der Waals surface area contributed by atoms with Crippen LogP contribution < -0.4 is 5.73 Å². The zero-order valence-electron chi connectivity index (χ0n) is 7.42. The van der Waals surface area contributed by atoms with Crippen molar-refractivity contribution in [2.75, 3.05) is 26.8 Å². The number of nitrogens with zero attached hydrogens (tertiary/aromatic N) is 1. The molecule has 2 N–H and O–H groups in total. The molecule has 66 valence electrons. The quantitative estimate of drug-likeness (QED) is 0.628. The molecule has 1 rings (SSSR count). The summed E-state index contributed by atoms with van der Waals surface area (Å²) < 4.78 is 5.10. The van der Waals surface area contributed by atoms with Crippen molar-refractivity contribution in [2.45, 2.75) is 25.4 Å². The molecule has 0 aromatic carbocycles. The maximum atomic E-state index is 5.68. The highest BCUT2D eigenvalue weighted by Gasteiger charge is 2.28. The van der Waals surface area contributed by atoms with Gasteiger partial charge in [-0.05, 0) is 6.42 Å². The van der Waals surface area contributed by atoms with E-state index >= 15 is 0 Å². The van der Waals surface area contributed by atoms with Crippen molar-refractivity contribution in [1.82, 2.24) is 4.90 Å². The molecule has 0 amide bonds. The van der Waals surface area contributed by atoms with Gasteiger partial charge in [0.05, 0.1) is 6.61 Å². The monoisotopic (exact) mass is 158 g/mol. The molecule has 1 unspecified atom stereocenters. The minimum Gasteiger partial charge on any atom is -0.383 e. The lowest BCUT2D eigenvalue weighted by molar-refractivity contribution is 0.0367. The van der Waals surface area contributed by atoms with Crippen molar-refractivity contribution in [3.63, 3.8) is 0 Å². The van der Waals surface area contributed by atoms with E-state index in [0.29, 0.717) is 12.1 Å². The standard InChI is InChI=1S/C8H18N2O/c1-3-8(6-11-2)10-4-7(9)5-10/h7-8H,3-6,9H2,1-2H3. The fourth-order valence-electron chi connectivity index (χ4n) is 1.52. The number of hydrogen-bond donors (Lipinski definition) is 1. The van der Waals surface area contributed by atoms with Gasteiger partial charge in [-0.15, -0.1) is 0 Å². The number of nitrogens with two attached hydrogens (primary N) is 1. The highest BCUT2D eigenvalue weighted by atomic mass is 16.5. The molecular formula is C8H18N2O. The average Bonchev–Trinajstić information content (AvgIpc) is 1.95. The smallest absolute Gasteiger partial charge is 0.0617 e. The second kappa shape index (κ2) is 4.04. The normalized spacial score (nSPS) is 23.2. The Morgan fingerprint density at radius 3 is 2.64 bits per heavy atom. The molecule has 1 saturated heterocycles. The van der Waals surface area contributed by atoms with E-state index in [4.69, 9.17) is 10.5 Å². The fourth-order valence-corrected chi connectivity index (χ4v) is 1.52. The van der Waals surface area contributed by atoms with Gasteiger partial charge in [-0.25, -0.2) is 0 Å². The molecule has 0 radical (unpaired) electrons. The molecule has 0 spiro atoms. The van der Waals surface area contributed by atoms with Crippen molar-refractivity contribution in [3.8, 4) is 0 Å². The van der Waals surface area contributed by atoms with E-state index in [1.54, 1.807) is 7.11 Å². The Morgan fingerprint density at radius 2 is 2.27 bits per heavy atom. The lowest BCUT2D eigenvalue weighted by Crippen LogP contribution is -2.60. The van der Waals surface area contributed by atoms with Crippen LogP contribution in [0.3, 0.4) is 0 Å². The van der Waals surface area contributed by atoms with E-state index in [0.717, 1.165) is 26.1 Å². The fraction of sp³-hybridized carbons (Fsp3) is 1.00. The first-order valence-corrected chi connectivity index (χ1v) is 4.26. The summed E-state index contributed by atoms with van der Waals surface area (Å²) in [6.45, 7) is 5.11. The maximum Gasteiger partial charge on any atom is 0.0617 e. The molecule has 1 atom stereocenters. The Balaban J connectivity index is 2.20. The van der Waals surface area contributed by atoms with Crippen LogP contribution in [-0.2, 0) is 4.74 Å². The van der Waals surface area contributed by atoms with Gasteiger partial charge < -0.3 is 10.5 Å². The highest BCUT2D eigenvalue weighted by Crippen LogP contribution is 2.13. The third-order valence-corrected chi connectivity index (χ3v) is 2.28. The van der Waals surface area contributed by atoms with Gasteiger partial charge >= 0.3 is 0 Å². The van der Waals surface area contributed by atoms with Crippen LogP contribution in [0.4, 0.5) is 0 Å². The second-order valence-electron chi connectivity index (χ2n) is 3.23. The first-order valence-electron chi connectivity index (χ1n) is 4.26. The van der Waals surface area contributed by atoms with Gasteiger partial charge in [0.2, 0.25) is 0 Å². The summed E-state index contributed by atoms with van der Waals surface area (Å²) in [5.74, 6) is 0. The number of methoxy groups -OCH3 is 1. The highest BCUT2D eigenvalue weighted by molar-refractivity contribution is 4.87. The van der Waals surface area contributed by atoms with Gasteiger partial charge in [-0.1, -0.05) is 6.92 Å². The zero-order valence-corrected chi connectivity index (χ0v) is 7.42. The van der Waals surface area contributed by atoms with Gasteiger partial charge in [0.25, 0.3) is 0 Å². The van der Waals surface area contributed by atoms with Crippen LogP contribution in [-0.4, -0.2) is 43.8 Å². The minimum atomic E-state index is 0.404. The number of hydrogen-bond acceptors (Lipinski definition) is 3. The van der Waals surface area contributed by atoms with Crippen LogP contribution >= 0.6 is 0 Å². The lowest BCUT2D eigenvalue weighted by Gasteiger charge is -2.42. The third-order valence-electron chi connectivity index (χ3n) is 2.28. The van der Waals surface area contributed by atoms with Gasteiger partial charge in [0, 0.05) is 32.3 Å². The lowest BCUT2D eigenvalue weighted by atomic mass is 10.1. The van der Waals surface area contributed by atoms with Gasteiger partial charge in [0.1, 0.15) is 0 Å². The molecule has 0 saturated carbocycles. The molecule has 1 aliphatic heterocycles. The summed E-state index contributed by atoms with van der Waals surface area (Å²) in [5, 5.41) is 0. The van der Waals surface area contributed by atoms with Crippen LogP contribution in [0.5, 0.6) is 0 Å². The summed E-state index contributed by atoms with van der Waals surface area (Å²) in [6, 6.07) is 0.987. The first-order chi connectivity index (χ1) is 5.27. The van der Waals surface area contributed by atoms with Crippen LogP contribution in [0.2, 0.25) is 0 Å². The zero-order chi connectivity index (χ0) is 8.27. The largest absolute Gasteiger partial charge is 0.383 e. The molecule has 0 aliphatic carbocycles. The topological polar surface area (TPSA) is 38.5 Å². The predicted octanol–water partition coefficient (Wildman–Crippen LogP) is 0.0543. The van der Waals surface area contributed by atoms with E-state index in [1.165, 1.54) is 0 Å². The molecule has 1 fully saturated rings. The predicted molar refractivity (Wildman–Crippen MR) is 45.5 cm³/mol. The second-order valence-corrected chi connectivity index (χ2v) is 3.23. The van der Waals surface area contributed by atoms with Crippen molar-refractivity contribution in [3.05, 3.63) is 0 Å². The van der Waals surface area contributed by atoms with Crippen LogP contribution in [0.1, 0.15) is 13.3 Å². The van der Waals surface area contributed by atoms with E-state index < -0.39 is 0 Å². The van der Waals surface area contributed by atoms with E-state index in [1.807, 2.05) is 0 Å². The number of likely N-dealkylation sites (tertiary alicyclic amines) is 1. The minimum absolute atomic E-state index is 0.404.